The van der Waals surface area contributed by atoms with Crippen molar-refractivity contribution < 1.29 is 15.0 Å². The lowest BCUT2D eigenvalue weighted by molar-refractivity contribution is 0.0980. The molecule has 200 valence electrons. The number of nitrogens with zero attached hydrogens (tertiary/aromatic N) is 5. The van der Waals surface area contributed by atoms with Crippen molar-refractivity contribution in [3.05, 3.63) is 87.6 Å². The first-order valence-electron chi connectivity index (χ1n) is 13.1. The lowest BCUT2D eigenvalue weighted by Crippen LogP contribution is -2.38. The minimum absolute atomic E-state index is 0.0521. The van der Waals surface area contributed by atoms with Crippen molar-refractivity contribution in [2.75, 3.05) is 23.4 Å². The van der Waals surface area contributed by atoms with Crippen molar-refractivity contribution in [3.8, 4) is 11.3 Å². The molecule has 2 aromatic carbocycles. The normalized spacial score (nSPS) is 14.9. The number of aliphatic hydroxyl groups is 2. The molecule has 0 bridgehead atoms. The van der Waals surface area contributed by atoms with Gasteiger partial charge in [-0.25, -0.2) is 4.98 Å². The number of hydrogen-bond acceptors (Lipinski definition) is 7. The predicted octanol–water partition coefficient (Wildman–Crippen LogP) is 2.95. The fraction of sp³-hybridized carbons (Fsp3) is 0.310. The molecule has 0 radical (unpaired) electrons. The highest BCUT2D eigenvalue weighted by molar-refractivity contribution is 6.09. The number of nitrogens with one attached hydrogen (secondary N) is 1. The highest BCUT2D eigenvalue weighted by atomic mass is 16.3. The molecule has 4 aromatic rings. The van der Waals surface area contributed by atoms with Gasteiger partial charge in [-0.2, -0.15) is 5.10 Å². The number of carbonyl (C=O) groups is 1. The maximum Gasteiger partial charge on any atom is 0.293 e. The van der Waals surface area contributed by atoms with Crippen LogP contribution in [0.15, 0.2) is 59.8 Å². The largest absolute Gasteiger partial charge is 0.394 e. The smallest absolute Gasteiger partial charge is 0.293 e. The Bertz CT molecular complexity index is 1620. The number of aliphatic hydroxyl groups excluding tert-OH is 2. The summed E-state index contributed by atoms with van der Waals surface area (Å²) >= 11 is 0. The summed E-state index contributed by atoms with van der Waals surface area (Å²) in [7, 11) is 1.64. The lowest BCUT2D eigenvalue weighted by Gasteiger charge is -2.31. The number of amides is 1. The molecular weight excluding hydrogens is 496 g/mol. The third kappa shape index (κ3) is 4.73. The maximum atomic E-state index is 13.6. The van der Waals surface area contributed by atoms with Crippen molar-refractivity contribution in [2.24, 2.45) is 7.05 Å². The van der Waals surface area contributed by atoms with Crippen molar-refractivity contribution in [1.29, 1.82) is 0 Å². The molecule has 0 unspecified atom stereocenters. The molecule has 3 N–H and O–H groups in total. The SMILES string of the molecule is Cn1cc(-c2cccc(N3CCc4cc(C5CC5)ccc4C3=O)c2CO)nc(Nc2cnn(CCO)c2)c1=O. The first kappa shape index (κ1) is 25.0. The summed E-state index contributed by atoms with van der Waals surface area (Å²) in [6.45, 7) is 0.496. The van der Waals surface area contributed by atoms with Crippen LogP contribution in [0.1, 0.15) is 45.8 Å². The fourth-order valence-corrected chi connectivity index (χ4v) is 5.25. The van der Waals surface area contributed by atoms with Crippen molar-refractivity contribution in [1.82, 2.24) is 19.3 Å². The molecule has 39 heavy (non-hydrogen) atoms. The summed E-state index contributed by atoms with van der Waals surface area (Å²) in [5, 5.41) is 26.8. The average molecular weight is 527 g/mol. The van der Waals surface area contributed by atoms with Gasteiger partial charge in [0.05, 0.1) is 43.0 Å². The van der Waals surface area contributed by atoms with E-state index in [1.807, 2.05) is 24.3 Å². The number of aryl methyl sites for hydroxylation is 1. The molecule has 10 nitrogen and oxygen atoms in total. The Hall–Kier alpha value is -4.28. The highest BCUT2D eigenvalue weighted by Crippen LogP contribution is 2.41. The first-order valence-corrected chi connectivity index (χ1v) is 13.1. The van der Waals surface area contributed by atoms with Gasteiger partial charge in [0.2, 0.25) is 0 Å². The quantitative estimate of drug-likeness (QED) is 0.322. The second kappa shape index (κ2) is 10.1. The molecule has 0 saturated heterocycles. The zero-order chi connectivity index (χ0) is 27.1. The van der Waals surface area contributed by atoms with Crippen LogP contribution in [0.2, 0.25) is 0 Å². The van der Waals surface area contributed by atoms with Crippen LogP contribution in [0.3, 0.4) is 0 Å². The number of aromatic nitrogens is 4. The number of anilines is 3. The van der Waals surface area contributed by atoms with Crippen LogP contribution in [0.5, 0.6) is 0 Å². The molecule has 1 amide bonds. The van der Waals surface area contributed by atoms with E-state index in [0.29, 0.717) is 52.8 Å². The van der Waals surface area contributed by atoms with E-state index in [4.69, 9.17) is 5.11 Å². The molecule has 1 aliphatic carbocycles. The van der Waals surface area contributed by atoms with E-state index in [1.165, 1.54) is 23.0 Å². The summed E-state index contributed by atoms with van der Waals surface area (Å²) in [5.74, 6) is 0.648. The monoisotopic (exact) mass is 526 g/mol. The summed E-state index contributed by atoms with van der Waals surface area (Å²) in [5.41, 5.74) is 5.64. The molecule has 1 aliphatic heterocycles. The summed E-state index contributed by atoms with van der Waals surface area (Å²) in [6.07, 6.45) is 8.03. The fourth-order valence-electron chi connectivity index (χ4n) is 5.25. The molecule has 0 atom stereocenters. The molecule has 10 heteroatoms. The number of rotatable bonds is 8. The third-order valence-corrected chi connectivity index (χ3v) is 7.43. The van der Waals surface area contributed by atoms with E-state index in [0.717, 1.165) is 12.0 Å². The first-order chi connectivity index (χ1) is 19.0. The van der Waals surface area contributed by atoms with Crippen LogP contribution >= 0.6 is 0 Å². The molecule has 2 aliphatic rings. The Balaban J connectivity index is 1.35. The Morgan fingerprint density at radius 1 is 1.08 bits per heavy atom. The second-order valence-corrected chi connectivity index (χ2v) is 10.1. The molecule has 1 fully saturated rings. The molecule has 3 heterocycles. The van der Waals surface area contributed by atoms with Gasteiger partial charge in [0.1, 0.15) is 0 Å². The van der Waals surface area contributed by atoms with Crippen molar-refractivity contribution in [2.45, 2.75) is 38.3 Å². The maximum absolute atomic E-state index is 13.6. The molecular formula is C29H30N6O4. The van der Waals surface area contributed by atoms with E-state index in [9.17, 15) is 14.7 Å². The zero-order valence-electron chi connectivity index (χ0n) is 21.7. The van der Waals surface area contributed by atoms with Gasteiger partial charge < -0.3 is 25.0 Å². The Labute approximate surface area is 225 Å². The Morgan fingerprint density at radius 2 is 1.92 bits per heavy atom. The topological polar surface area (TPSA) is 126 Å². The molecule has 2 aromatic heterocycles. The van der Waals surface area contributed by atoms with Crippen molar-refractivity contribution in [3.63, 3.8) is 0 Å². The Morgan fingerprint density at radius 3 is 2.69 bits per heavy atom. The van der Waals surface area contributed by atoms with Crippen LogP contribution in [0.4, 0.5) is 17.2 Å². The van der Waals surface area contributed by atoms with Gasteiger partial charge in [0.25, 0.3) is 11.5 Å². The van der Waals surface area contributed by atoms with Gasteiger partial charge >= 0.3 is 0 Å². The van der Waals surface area contributed by atoms with Gasteiger partial charge in [-0.05, 0) is 48.4 Å². The third-order valence-electron chi connectivity index (χ3n) is 7.43. The zero-order valence-corrected chi connectivity index (χ0v) is 21.7. The van der Waals surface area contributed by atoms with Crippen LogP contribution in [0.25, 0.3) is 11.3 Å². The van der Waals surface area contributed by atoms with Crippen LogP contribution in [0, 0.1) is 0 Å². The van der Waals surface area contributed by atoms with Gasteiger partial charge in [-0.15, -0.1) is 0 Å². The number of hydrogen-bond donors (Lipinski definition) is 3. The summed E-state index contributed by atoms with van der Waals surface area (Å²) in [4.78, 5) is 32.8. The van der Waals surface area contributed by atoms with E-state index in [1.54, 1.807) is 35.2 Å². The van der Waals surface area contributed by atoms with Gasteiger partial charge in [-0.3, -0.25) is 14.3 Å². The summed E-state index contributed by atoms with van der Waals surface area (Å²) in [6, 6.07) is 11.7. The van der Waals surface area contributed by atoms with Gasteiger partial charge in [0, 0.05) is 42.7 Å². The van der Waals surface area contributed by atoms with Crippen LogP contribution < -0.4 is 15.8 Å². The number of carbonyl (C=O) groups excluding carboxylic acids is 1. The Kier molecular flexibility index (Phi) is 6.49. The number of benzene rings is 2. The van der Waals surface area contributed by atoms with E-state index >= 15 is 0 Å². The van der Waals surface area contributed by atoms with E-state index < -0.39 is 0 Å². The lowest BCUT2D eigenvalue weighted by atomic mass is 9.93. The molecule has 6 rings (SSSR count). The van der Waals surface area contributed by atoms with Crippen LogP contribution in [-0.2, 0) is 26.6 Å². The standard InChI is InChI=1S/C29H30N6O4/c1-33-16-25(32-27(29(33)39)31-21-14-30-34(15-21)11-12-36)23-3-2-4-26(24(23)17-37)35-10-9-20-13-19(18-5-6-18)7-8-22(20)28(35)38/h2-4,7-8,13-16,18,36-37H,5-6,9-12,17H2,1H3,(H,31,32). The average Bonchev–Trinajstić information content (AvgIpc) is 3.71. The minimum atomic E-state index is -0.330. The summed E-state index contributed by atoms with van der Waals surface area (Å²) < 4.78 is 2.99. The number of fused-ring (bicyclic) bond motifs is 1. The minimum Gasteiger partial charge on any atom is -0.394 e. The van der Waals surface area contributed by atoms with Crippen molar-refractivity contribution >= 4 is 23.1 Å². The second-order valence-electron chi connectivity index (χ2n) is 10.1. The van der Waals surface area contributed by atoms with E-state index in [2.05, 4.69) is 27.5 Å². The highest BCUT2D eigenvalue weighted by Gasteiger charge is 2.30. The van der Waals surface area contributed by atoms with Gasteiger partial charge in [-0.1, -0.05) is 24.3 Å². The molecule has 1 saturated carbocycles. The van der Waals surface area contributed by atoms with Gasteiger partial charge in [0.15, 0.2) is 5.82 Å². The molecule has 0 spiro atoms. The van der Waals surface area contributed by atoms with E-state index in [-0.39, 0.29) is 30.5 Å². The van der Waals surface area contributed by atoms with Crippen LogP contribution in [-0.4, -0.2) is 48.6 Å². The predicted molar refractivity (Wildman–Crippen MR) is 147 cm³/mol.